The number of esters is 1. The van der Waals surface area contributed by atoms with E-state index in [9.17, 15) is 4.79 Å². The Balaban J connectivity index is 0.00000121. The molecule has 0 bridgehead atoms. The summed E-state index contributed by atoms with van der Waals surface area (Å²) in [6, 6.07) is 8.77. The summed E-state index contributed by atoms with van der Waals surface area (Å²) < 4.78 is 4.55. The summed E-state index contributed by atoms with van der Waals surface area (Å²) in [6.45, 7) is 3.28. The summed E-state index contributed by atoms with van der Waals surface area (Å²) in [4.78, 5) is 11.0. The van der Waals surface area contributed by atoms with E-state index in [4.69, 9.17) is 0 Å². The molecule has 0 saturated heterocycles. The Morgan fingerprint density at radius 1 is 1.33 bits per heavy atom. The van der Waals surface area contributed by atoms with Crippen molar-refractivity contribution in [2.75, 3.05) is 0 Å². The largest absolute Gasteiger partial charge is 2.00 e. The zero-order valence-corrected chi connectivity index (χ0v) is 9.66. The molecule has 0 atom stereocenters. The number of hydrogen-bond donors (Lipinski definition) is 0. The van der Waals surface area contributed by atoms with Crippen molar-refractivity contribution < 1.29 is 29.0 Å². The van der Waals surface area contributed by atoms with Gasteiger partial charge in [0.25, 0.3) is 0 Å². The molecular formula is C9H8O2Zn+2. The molecule has 3 heteroatoms. The van der Waals surface area contributed by atoms with E-state index in [1.807, 2.05) is 6.07 Å². The van der Waals surface area contributed by atoms with Crippen molar-refractivity contribution in [2.45, 2.75) is 0 Å². The summed E-state index contributed by atoms with van der Waals surface area (Å²) in [5.41, 5.74) is 0.535. The molecule has 0 radical (unpaired) electrons. The SMILES string of the molecule is C=COC(=O)c1ccccc1.[Zn+2]. The normalized spacial score (nSPS) is 8.00. The van der Waals surface area contributed by atoms with Gasteiger partial charge < -0.3 is 4.74 Å². The molecule has 1 rings (SSSR count). The minimum atomic E-state index is -0.374. The first-order valence-electron chi connectivity index (χ1n) is 3.21. The quantitative estimate of drug-likeness (QED) is 0.427. The van der Waals surface area contributed by atoms with Crippen LogP contribution in [-0.2, 0) is 24.2 Å². The number of rotatable bonds is 2. The molecule has 0 heterocycles. The molecule has 0 aliphatic heterocycles. The van der Waals surface area contributed by atoms with Crippen LogP contribution in [0.3, 0.4) is 0 Å². The van der Waals surface area contributed by atoms with Crippen LogP contribution in [0.25, 0.3) is 0 Å². The molecule has 0 aliphatic rings. The van der Waals surface area contributed by atoms with Gasteiger partial charge in [0.1, 0.15) is 0 Å². The third kappa shape index (κ3) is 2.97. The molecule has 1 aromatic carbocycles. The predicted octanol–water partition coefficient (Wildman–Crippen LogP) is 1.98. The molecular weight excluding hydrogens is 205 g/mol. The van der Waals surface area contributed by atoms with Gasteiger partial charge in [-0.15, -0.1) is 0 Å². The van der Waals surface area contributed by atoms with Crippen LogP contribution >= 0.6 is 0 Å². The fourth-order valence-corrected chi connectivity index (χ4v) is 0.718. The zero-order valence-electron chi connectivity index (χ0n) is 6.69. The van der Waals surface area contributed by atoms with Gasteiger partial charge in [0.15, 0.2) is 0 Å². The molecule has 1 aromatic rings. The fourth-order valence-electron chi connectivity index (χ4n) is 0.718. The summed E-state index contributed by atoms with van der Waals surface area (Å²) >= 11 is 0. The first-order chi connectivity index (χ1) is 5.34. The summed E-state index contributed by atoms with van der Waals surface area (Å²) in [6.07, 6.45) is 1.12. The van der Waals surface area contributed by atoms with Gasteiger partial charge in [0.05, 0.1) is 11.8 Å². The van der Waals surface area contributed by atoms with Crippen LogP contribution in [0.1, 0.15) is 10.4 Å². The summed E-state index contributed by atoms with van der Waals surface area (Å²) in [5.74, 6) is -0.374. The Morgan fingerprint density at radius 2 is 1.92 bits per heavy atom. The van der Waals surface area contributed by atoms with Crippen LogP contribution in [0.5, 0.6) is 0 Å². The van der Waals surface area contributed by atoms with Crippen LogP contribution in [0.4, 0.5) is 0 Å². The maximum absolute atomic E-state index is 11.0. The minimum absolute atomic E-state index is 0. The summed E-state index contributed by atoms with van der Waals surface area (Å²) in [7, 11) is 0. The van der Waals surface area contributed by atoms with E-state index in [1.165, 1.54) is 0 Å². The van der Waals surface area contributed by atoms with Gasteiger partial charge in [-0.1, -0.05) is 24.8 Å². The second kappa shape index (κ2) is 5.67. The van der Waals surface area contributed by atoms with Gasteiger partial charge in [-0.3, -0.25) is 0 Å². The van der Waals surface area contributed by atoms with E-state index < -0.39 is 0 Å². The average Bonchev–Trinajstić information content (AvgIpc) is 2.07. The third-order valence-electron chi connectivity index (χ3n) is 1.20. The van der Waals surface area contributed by atoms with Crippen molar-refractivity contribution in [3.05, 3.63) is 48.7 Å². The molecule has 2 nitrogen and oxygen atoms in total. The molecule has 0 amide bonds. The van der Waals surface area contributed by atoms with Crippen molar-refractivity contribution in [3.8, 4) is 0 Å². The molecule has 0 unspecified atom stereocenters. The van der Waals surface area contributed by atoms with E-state index in [1.54, 1.807) is 24.3 Å². The molecule has 0 spiro atoms. The van der Waals surface area contributed by atoms with E-state index in [0.717, 1.165) is 6.26 Å². The first kappa shape index (κ1) is 11.1. The van der Waals surface area contributed by atoms with Crippen molar-refractivity contribution in [2.24, 2.45) is 0 Å². The van der Waals surface area contributed by atoms with Crippen molar-refractivity contribution in [1.29, 1.82) is 0 Å². The van der Waals surface area contributed by atoms with Crippen molar-refractivity contribution >= 4 is 5.97 Å². The smallest absolute Gasteiger partial charge is 0.432 e. The molecule has 0 fully saturated rings. The van der Waals surface area contributed by atoms with Crippen molar-refractivity contribution in [3.63, 3.8) is 0 Å². The Morgan fingerprint density at radius 3 is 2.42 bits per heavy atom. The fraction of sp³-hybridized carbons (Fsp3) is 0. The molecule has 0 N–H and O–H groups in total. The van der Waals surface area contributed by atoms with Gasteiger partial charge in [-0.2, -0.15) is 0 Å². The van der Waals surface area contributed by atoms with Crippen LogP contribution in [0.2, 0.25) is 0 Å². The van der Waals surface area contributed by atoms with Gasteiger partial charge in [-0.25, -0.2) is 4.79 Å². The Bertz CT molecular complexity index is 256. The topological polar surface area (TPSA) is 26.3 Å². The number of carbonyl (C=O) groups excluding carboxylic acids is 1. The predicted molar refractivity (Wildman–Crippen MR) is 42.1 cm³/mol. The first-order valence-corrected chi connectivity index (χ1v) is 3.21. The van der Waals surface area contributed by atoms with Gasteiger partial charge in [0, 0.05) is 0 Å². The van der Waals surface area contributed by atoms with Crippen LogP contribution in [0, 0.1) is 0 Å². The van der Waals surface area contributed by atoms with Gasteiger partial charge in [0.2, 0.25) is 0 Å². The van der Waals surface area contributed by atoms with Crippen LogP contribution < -0.4 is 0 Å². The number of ether oxygens (including phenoxy) is 1. The van der Waals surface area contributed by atoms with E-state index >= 15 is 0 Å². The number of benzene rings is 1. The van der Waals surface area contributed by atoms with Gasteiger partial charge >= 0.3 is 25.4 Å². The zero-order chi connectivity index (χ0) is 8.10. The van der Waals surface area contributed by atoms with E-state index in [-0.39, 0.29) is 25.4 Å². The second-order valence-corrected chi connectivity index (χ2v) is 1.94. The maximum atomic E-state index is 11.0. The Hall–Kier alpha value is -0.947. The molecule has 12 heavy (non-hydrogen) atoms. The van der Waals surface area contributed by atoms with E-state index in [0.29, 0.717) is 5.56 Å². The standard InChI is InChI=1S/C9H8O2.Zn/c1-2-11-9(10)8-6-4-3-5-7-8;/h2-7H,1H2;/q;+2. The molecule has 0 aliphatic carbocycles. The third-order valence-corrected chi connectivity index (χ3v) is 1.20. The summed E-state index contributed by atoms with van der Waals surface area (Å²) in [5, 5.41) is 0. The average molecular weight is 214 g/mol. The molecule has 0 aromatic heterocycles. The monoisotopic (exact) mass is 212 g/mol. The van der Waals surface area contributed by atoms with Crippen molar-refractivity contribution in [1.82, 2.24) is 0 Å². The molecule has 56 valence electrons. The number of carbonyl (C=O) groups is 1. The maximum Gasteiger partial charge on any atom is 2.00 e. The second-order valence-electron chi connectivity index (χ2n) is 1.94. The van der Waals surface area contributed by atoms with Gasteiger partial charge in [-0.05, 0) is 12.1 Å². The van der Waals surface area contributed by atoms with E-state index in [2.05, 4.69) is 11.3 Å². The molecule has 0 saturated carbocycles. The van der Waals surface area contributed by atoms with Crippen LogP contribution in [0.15, 0.2) is 43.2 Å². The number of hydrogen-bond acceptors (Lipinski definition) is 2. The Kier molecular flexibility index (Phi) is 5.22. The minimum Gasteiger partial charge on any atom is -0.432 e. The Labute approximate surface area is 84.0 Å². The van der Waals surface area contributed by atoms with Crippen LogP contribution in [-0.4, -0.2) is 5.97 Å².